The van der Waals surface area contributed by atoms with Crippen molar-refractivity contribution < 1.29 is 9.47 Å². The Hall–Kier alpha value is -1.84. The van der Waals surface area contributed by atoms with E-state index in [2.05, 4.69) is 43.3 Å². The Morgan fingerprint density at radius 2 is 1.67 bits per heavy atom. The van der Waals surface area contributed by atoms with Crippen LogP contribution in [0.25, 0.3) is 0 Å². The predicted molar refractivity (Wildman–Crippen MR) is 85.6 cm³/mol. The first-order chi connectivity index (χ1) is 10.2. The zero-order valence-corrected chi connectivity index (χ0v) is 12.7. The zero-order valence-electron chi connectivity index (χ0n) is 12.7. The summed E-state index contributed by atoms with van der Waals surface area (Å²) in [6, 6.07) is 16.4. The van der Waals surface area contributed by atoms with Crippen molar-refractivity contribution >= 4 is 0 Å². The van der Waals surface area contributed by atoms with Crippen LogP contribution in [-0.4, -0.2) is 20.3 Å². The maximum Gasteiger partial charge on any atom is 0.136 e. The van der Waals surface area contributed by atoms with E-state index in [0.717, 1.165) is 24.3 Å². The lowest BCUT2D eigenvalue weighted by Gasteiger charge is -2.18. The van der Waals surface area contributed by atoms with Crippen molar-refractivity contribution in [1.29, 1.82) is 0 Å². The van der Waals surface area contributed by atoms with Gasteiger partial charge in [-0.2, -0.15) is 0 Å². The van der Waals surface area contributed by atoms with E-state index < -0.39 is 0 Å². The van der Waals surface area contributed by atoms with Gasteiger partial charge in [0, 0.05) is 13.7 Å². The molecule has 1 unspecified atom stereocenters. The average molecular weight is 285 g/mol. The molecule has 0 heterocycles. The Morgan fingerprint density at radius 3 is 2.24 bits per heavy atom. The predicted octanol–water partition coefficient (Wildman–Crippen LogP) is 3.26. The maximum atomic E-state index is 5.99. The number of nitrogens with two attached hydrogens (primary N) is 1. The number of methoxy groups -OCH3 is 1. The molecule has 21 heavy (non-hydrogen) atoms. The fourth-order valence-corrected chi connectivity index (χ4v) is 2.15. The average Bonchev–Trinajstić information content (AvgIpc) is 2.53. The second-order valence-electron chi connectivity index (χ2n) is 5.14. The first kappa shape index (κ1) is 15.5. The minimum absolute atomic E-state index is 0.115. The van der Waals surface area contributed by atoms with E-state index in [1.807, 2.05) is 12.1 Å². The van der Waals surface area contributed by atoms with E-state index >= 15 is 0 Å². The summed E-state index contributed by atoms with van der Waals surface area (Å²) in [5, 5.41) is 0. The molecule has 0 aromatic heterocycles. The van der Waals surface area contributed by atoms with Crippen molar-refractivity contribution in [3.8, 4) is 5.75 Å². The number of rotatable bonds is 7. The quantitative estimate of drug-likeness (QED) is 0.849. The van der Waals surface area contributed by atoms with E-state index in [1.54, 1.807) is 7.11 Å². The van der Waals surface area contributed by atoms with Crippen LogP contribution in [0, 0.1) is 6.92 Å². The highest BCUT2D eigenvalue weighted by atomic mass is 16.5. The summed E-state index contributed by atoms with van der Waals surface area (Å²) in [6.07, 6.45) is 0.796. The molecule has 1 atom stereocenters. The molecule has 0 amide bonds. The molecule has 2 rings (SSSR count). The van der Waals surface area contributed by atoms with Gasteiger partial charge in [0.25, 0.3) is 0 Å². The van der Waals surface area contributed by atoms with Crippen LogP contribution in [0.5, 0.6) is 5.75 Å². The van der Waals surface area contributed by atoms with E-state index in [0.29, 0.717) is 6.54 Å². The monoisotopic (exact) mass is 285 g/mol. The third-order valence-corrected chi connectivity index (χ3v) is 3.46. The SMILES string of the molecule is COCCc1ccc(OC(CN)c2ccc(C)cc2)cc1. The Balaban J connectivity index is 2.02. The van der Waals surface area contributed by atoms with Crippen LogP contribution in [0.1, 0.15) is 22.8 Å². The Bertz CT molecular complexity index is 534. The van der Waals surface area contributed by atoms with E-state index in [1.165, 1.54) is 11.1 Å². The maximum absolute atomic E-state index is 5.99. The second-order valence-corrected chi connectivity index (χ2v) is 5.14. The van der Waals surface area contributed by atoms with Crippen molar-refractivity contribution in [2.75, 3.05) is 20.3 Å². The van der Waals surface area contributed by atoms with Gasteiger partial charge in [0.05, 0.1) is 6.61 Å². The molecule has 0 saturated heterocycles. The standard InChI is InChI=1S/C18H23NO2/c1-14-3-7-16(8-4-14)18(13-19)21-17-9-5-15(6-10-17)11-12-20-2/h3-10,18H,11-13,19H2,1-2H3. The van der Waals surface area contributed by atoms with Gasteiger partial charge < -0.3 is 15.2 Å². The lowest BCUT2D eigenvalue weighted by Crippen LogP contribution is -2.18. The van der Waals surface area contributed by atoms with Gasteiger partial charge in [-0.1, -0.05) is 42.0 Å². The number of ether oxygens (including phenoxy) is 2. The van der Waals surface area contributed by atoms with Crippen LogP contribution in [-0.2, 0) is 11.2 Å². The molecule has 0 aliphatic carbocycles. The van der Waals surface area contributed by atoms with Crippen LogP contribution in [0.15, 0.2) is 48.5 Å². The largest absolute Gasteiger partial charge is 0.484 e. The van der Waals surface area contributed by atoms with Crippen LogP contribution >= 0.6 is 0 Å². The zero-order chi connectivity index (χ0) is 15.1. The third-order valence-electron chi connectivity index (χ3n) is 3.46. The molecule has 0 saturated carbocycles. The van der Waals surface area contributed by atoms with Crippen molar-refractivity contribution in [2.45, 2.75) is 19.4 Å². The molecule has 0 radical (unpaired) electrons. The van der Waals surface area contributed by atoms with Crippen LogP contribution in [0.4, 0.5) is 0 Å². The first-order valence-corrected chi connectivity index (χ1v) is 7.24. The lowest BCUT2D eigenvalue weighted by molar-refractivity contribution is 0.202. The minimum atomic E-state index is -0.115. The Kier molecular flexibility index (Phi) is 5.78. The molecule has 3 nitrogen and oxygen atoms in total. The van der Waals surface area contributed by atoms with Gasteiger partial charge in [-0.15, -0.1) is 0 Å². The van der Waals surface area contributed by atoms with Gasteiger partial charge in [0.2, 0.25) is 0 Å². The van der Waals surface area contributed by atoms with E-state index in [-0.39, 0.29) is 6.10 Å². The summed E-state index contributed by atoms with van der Waals surface area (Å²) in [6.45, 7) is 3.25. The molecule has 3 heteroatoms. The van der Waals surface area contributed by atoms with E-state index in [4.69, 9.17) is 15.2 Å². The fraction of sp³-hybridized carbons (Fsp3) is 0.333. The Morgan fingerprint density at radius 1 is 1.00 bits per heavy atom. The second kappa shape index (κ2) is 7.81. The molecule has 2 aromatic carbocycles. The smallest absolute Gasteiger partial charge is 0.136 e. The fourth-order valence-electron chi connectivity index (χ4n) is 2.15. The molecular formula is C18H23NO2. The normalized spacial score (nSPS) is 12.1. The highest BCUT2D eigenvalue weighted by Crippen LogP contribution is 2.22. The van der Waals surface area contributed by atoms with Gasteiger partial charge in [-0.25, -0.2) is 0 Å². The van der Waals surface area contributed by atoms with Crippen LogP contribution < -0.4 is 10.5 Å². The van der Waals surface area contributed by atoms with Gasteiger partial charge in [0.15, 0.2) is 0 Å². The summed E-state index contributed by atoms with van der Waals surface area (Å²) in [5.41, 5.74) is 9.42. The molecule has 0 bridgehead atoms. The molecule has 0 aliphatic heterocycles. The van der Waals surface area contributed by atoms with Gasteiger partial charge >= 0.3 is 0 Å². The topological polar surface area (TPSA) is 44.5 Å². The highest BCUT2D eigenvalue weighted by Gasteiger charge is 2.11. The summed E-state index contributed by atoms with van der Waals surface area (Å²) >= 11 is 0. The molecule has 0 spiro atoms. The number of hydrogen-bond donors (Lipinski definition) is 1. The first-order valence-electron chi connectivity index (χ1n) is 7.24. The van der Waals surface area contributed by atoms with E-state index in [9.17, 15) is 0 Å². The number of hydrogen-bond acceptors (Lipinski definition) is 3. The highest BCUT2D eigenvalue weighted by molar-refractivity contribution is 5.29. The third kappa shape index (κ3) is 4.59. The van der Waals surface area contributed by atoms with Gasteiger partial charge in [0.1, 0.15) is 11.9 Å². The summed E-state index contributed by atoms with van der Waals surface area (Å²) < 4.78 is 11.1. The van der Waals surface area contributed by atoms with Gasteiger partial charge in [-0.05, 0) is 36.6 Å². The minimum Gasteiger partial charge on any atom is -0.484 e. The van der Waals surface area contributed by atoms with Crippen molar-refractivity contribution in [1.82, 2.24) is 0 Å². The molecule has 0 aliphatic rings. The van der Waals surface area contributed by atoms with Crippen molar-refractivity contribution in [3.05, 3.63) is 65.2 Å². The van der Waals surface area contributed by atoms with Crippen LogP contribution in [0.3, 0.4) is 0 Å². The van der Waals surface area contributed by atoms with Crippen molar-refractivity contribution in [2.24, 2.45) is 5.73 Å². The number of benzene rings is 2. The molecule has 112 valence electrons. The lowest BCUT2D eigenvalue weighted by atomic mass is 10.1. The molecule has 2 N–H and O–H groups in total. The van der Waals surface area contributed by atoms with Crippen LogP contribution in [0.2, 0.25) is 0 Å². The molecular weight excluding hydrogens is 262 g/mol. The summed E-state index contributed by atoms with van der Waals surface area (Å²) in [5.74, 6) is 0.840. The Labute approximate surface area is 126 Å². The summed E-state index contributed by atoms with van der Waals surface area (Å²) in [4.78, 5) is 0. The van der Waals surface area contributed by atoms with Crippen molar-refractivity contribution in [3.63, 3.8) is 0 Å². The van der Waals surface area contributed by atoms with Gasteiger partial charge in [-0.3, -0.25) is 0 Å². The summed E-state index contributed by atoms with van der Waals surface area (Å²) in [7, 11) is 1.71. The molecule has 0 fully saturated rings. The number of aryl methyl sites for hydroxylation is 1. The molecule has 2 aromatic rings.